The van der Waals surface area contributed by atoms with Gasteiger partial charge in [0.1, 0.15) is 0 Å². The monoisotopic (exact) mass is 229 g/mol. The Labute approximate surface area is 92.3 Å². The lowest BCUT2D eigenvalue weighted by Crippen LogP contribution is -2.37. The van der Waals surface area contributed by atoms with Gasteiger partial charge in [-0.15, -0.1) is 22.9 Å². The number of carbonyl (C=O) groups excluding carboxylic acids is 1. The van der Waals surface area contributed by atoms with E-state index in [0.29, 0.717) is 5.88 Å². The minimum atomic E-state index is -0.103. The van der Waals surface area contributed by atoms with Crippen molar-refractivity contribution in [2.45, 2.75) is 25.3 Å². The van der Waals surface area contributed by atoms with Crippen LogP contribution < -0.4 is 5.32 Å². The molecular weight excluding hydrogens is 218 g/mol. The number of nitrogens with one attached hydrogen (secondary N) is 1. The fourth-order valence-electron chi connectivity index (χ4n) is 1.32. The Morgan fingerprint density at radius 3 is 2.86 bits per heavy atom. The standard InChI is InChI=1S/C10H12ClNOS/c1-7-4-8(5-14-7)9(13)12-10(6-11)2-3-10/h4-5H,2-3,6H2,1H3,(H,12,13). The van der Waals surface area contributed by atoms with Gasteiger partial charge in [-0.25, -0.2) is 0 Å². The maximum absolute atomic E-state index is 11.7. The second kappa shape index (κ2) is 3.55. The number of aryl methyl sites for hydroxylation is 1. The number of thiophene rings is 1. The second-order valence-electron chi connectivity index (χ2n) is 3.81. The molecule has 0 saturated heterocycles. The van der Waals surface area contributed by atoms with Crippen molar-refractivity contribution in [3.8, 4) is 0 Å². The molecule has 2 nitrogen and oxygen atoms in total. The summed E-state index contributed by atoms with van der Waals surface area (Å²) >= 11 is 7.37. The van der Waals surface area contributed by atoms with Crippen molar-refractivity contribution in [3.63, 3.8) is 0 Å². The Morgan fingerprint density at radius 2 is 2.43 bits per heavy atom. The fourth-order valence-corrected chi connectivity index (χ4v) is 2.34. The summed E-state index contributed by atoms with van der Waals surface area (Å²) in [6.07, 6.45) is 2.01. The van der Waals surface area contributed by atoms with Crippen LogP contribution in [0.1, 0.15) is 28.1 Å². The molecule has 0 atom stereocenters. The van der Waals surface area contributed by atoms with E-state index >= 15 is 0 Å². The third-order valence-electron chi connectivity index (χ3n) is 2.48. The summed E-state index contributed by atoms with van der Waals surface area (Å²) in [5.74, 6) is 0.523. The molecule has 1 amide bonds. The molecule has 0 aliphatic heterocycles. The molecule has 0 bridgehead atoms. The van der Waals surface area contributed by atoms with Gasteiger partial charge in [-0.2, -0.15) is 0 Å². The first-order valence-corrected chi connectivity index (χ1v) is 6.00. The second-order valence-corrected chi connectivity index (χ2v) is 5.20. The Kier molecular flexibility index (Phi) is 2.54. The first-order chi connectivity index (χ1) is 6.65. The minimum absolute atomic E-state index is 0.00694. The molecule has 0 unspecified atom stereocenters. The van der Waals surface area contributed by atoms with Crippen molar-refractivity contribution in [1.29, 1.82) is 0 Å². The summed E-state index contributed by atoms with van der Waals surface area (Å²) in [5, 5.41) is 4.87. The fraction of sp³-hybridized carbons (Fsp3) is 0.500. The van der Waals surface area contributed by atoms with Crippen molar-refractivity contribution in [3.05, 3.63) is 21.9 Å². The van der Waals surface area contributed by atoms with Crippen LogP contribution in [0.5, 0.6) is 0 Å². The highest BCUT2D eigenvalue weighted by Gasteiger charge is 2.43. The Bertz CT molecular complexity index is 357. The van der Waals surface area contributed by atoms with E-state index in [1.165, 1.54) is 0 Å². The lowest BCUT2D eigenvalue weighted by molar-refractivity contribution is 0.0936. The molecule has 14 heavy (non-hydrogen) atoms. The highest BCUT2D eigenvalue weighted by molar-refractivity contribution is 7.10. The summed E-state index contributed by atoms with van der Waals surface area (Å²) in [6.45, 7) is 2.00. The Morgan fingerprint density at radius 1 is 1.71 bits per heavy atom. The molecule has 1 fully saturated rings. The molecule has 0 aromatic carbocycles. The third kappa shape index (κ3) is 1.93. The summed E-state index contributed by atoms with van der Waals surface area (Å²) < 4.78 is 0. The van der Waals surface area contributed by atoms with Gasteiger partial charge in [0.2, 0.25) is 0 Å². The molecule has 1 aliphatic carbocycles. The van der Waals surface area contributed by atoms with Crippen LogP contribution in [-0.2, 0) is 0 Å². The van der Waals surface area contributed by atoms with E-state index in [4.69, 9.17) is 11.6 Å². The molecular formula is C10H12ClNOS. The molecule has 1 saturated carbocycles. The van der Waals surface area contributed by atoms with Gasteiger partial charge >= 0.3 is 0 Å². The van der Waals surface area contributed by atoms with E-state index in [9.17, 15) is 4.79 Å². The van der Waals surface area contributed by atoms with Crippen LogP contribution in [0.4, 0.5) is 0 Å². The quantitative estimate of drug-likeness (QED) is 0.794. The molecule has 1 N–H and O–H groups in total. The molecule has 1 aliphatic rings. The number of carbonyl (C=O) groups is 1. The van der Waals surface area contributed by atoms with Crippen molar-refractivity contribution in [2.24, 2.45) is 0 Å². The van der Waals surface area contributed by atoms with Crippen LogP contribution in [0.25, 0.3) is 0 Å². The largest absolute Gasteiger partial charge is 0.345 e. The molecule has 0 radical (unpaired) electrons. The predicted octanol–water partition coefficient (Wildman–Crippen LogP) is 2.56. The molecule has 1 aromatic rings. The number of halogens is 1. The van der Waals surface area contributed by atoms with Crippen LogP contribution in [0.3, 0.4) is 0 Å². The van der Waals surface area contributed by atoms with Crippen molar-refractivity contribution in [2.75, 3.05) is 5.88 Å². The normalized spacial score (nSPS) is 17.9. The van der Waals surface area contributed by atoms with Gasteiger partial charge in [0.25, 0.3) is 5.91 Å². The van der Waals surface area contributed by atoms with Gasteiger partial charge in [0, 0.05) is 16.1 Å². The SMILES string of the molecule is Cc1cc(C(=O)NC2(CCl)CC2)cs1. The van der Waals surface area contributed by atoms with Crippen LogP contribution in [-0.4, -0.2) is 17.3 Å². The minimum Gasteiger partial charge on any atom is -0.345 e. The highest BCUT2D eigenvalue weighted by atomic mass is 35.5. The lowest BCUT2D eigenvalue weighted by atomic mass is 10.2. The zero-order chi connectivity index (χ0) is 10.2. The van der Waals surface area contributed by atoms with Gasteiger partial charge in [-0.05, 0) is 25.8 Å². The Balaban J connectivity index is 2.03. The molecule has 4 heteroatoms. The van der Waals surface area contributed by atoms with Gasteiger partial charge in [-0.1, -0.05) is 0 Å². The average Bonchev–Trinajstić information content (AvgIpc) is 2.80. The molecule has 0 spiro atoms. The van der Waals surface area contributed by atoms with Crippen LogP contribution in [0.15, 0.2) is 11.4 Å². The van der Waals surface area contributed by atoms with E-state index in [0.717, 1.165) is 23.3 Å². The van der Waals surface area contributed by atoms with E-state index in [1.54, 1.807) is 11.3 Å². The van der Waals surface area contributed by atoms with Gasteiger partial charge < -0.3 is 5.32 Å². The number of hydrogen-bond donors (Lipinski definition) is 1. The third-order valence-corrected chi connectivity index (χ3v) is 3.85. The zero-order valence-corrected chi connectivity index (χ0v) is 9.54. The number of hydrogen-bond acceptors (Lipinski definition) is 2. The summed E-state index contributed by atoms with van der Waals surface area (Å²) in [6, 6.07) is 1.91. The predicted molar refractivity (Wildman–Crippen MR) is 59.2 cm³/mol. The first kappa shape index (κ1) is 9.99. The maximum atomic E-state index is 11.7. The molecule has 76 valence electrons. The van der Waals surface area contributed by atoms with E-state index in [-0.39, 0.29) is 11.4 Å². The lowest BCUT2D eigenvalue weighted by Gasteiger charge is -2.12. The average molecular weight is 230 g/mol. The van der Waals surface area contributed by atoms with Crippen molar-refractivity contribution in [1.82, 2.24) is 5.32 Å². The van der Waals surface area contributed by atoms with Gasteiger partial charge in [-0.3, -0.25) is 4.79 Å². The first-order valence-electron chi connectivity index (χ1n) is 4.59. The van der Waals surface area contributed by atoms with Crippen molar-refractivity contribution < 1.29 is 4.79 Å². The van der Waals surface area contributed by atoms with Crippen LogP contribution in [0, 0.1) is 6.92 Å². The van der Waals surface area contributed by atoms with E-state index in [1.807, 2.05) is 18.4 Å². The number of rotatable bonds is 3. The van der Waals surface area contributed by atoms with Gasteiger partial charge in [0.15, 0.2) is 0 Å². The number of amides is 1. The number of alkyl halides is 1. The topological polar surface area (TPSA) is 29.1 Å². The maximum Gasteiger partial charge on any atom is 0.252 e. The van der Waals surface area contributed by atoms with E-state index in [2.05, 4.69) is 5.32 Å². The highest BCUT2D eigenvalue weighted by Crippen LogP contribution is 2.36. The smallest absolute Gasteiger partial charge is 0.252 e. The summed E-state index contributed by atoms with van der Waals surface area (Å²) in [5.41, 5.74) is 0.651. The van der Waals surface area contributed by atoms with Crippen LogP contribution >= 0.6 is 22.9 Å². The molecule has 2 rings (SSSR count). The molecule has 1 heterocycles. The zero-order valence-electron chi connectivity index (χ0n) is 7.97. The summed E-state index contributed by atoms with van der Waals surface area (Å²) in [7, 11) is 0. The van der Waals surface area contributed by atoms with Crippen molar-refractivity contribution >= 4 is 28.8 Å². The summed E-state index contributed by atoms with van der Waals surface area (Å²) in [4.78, 5) is 12.9. The Hall–Kier alpha value is -0.540. The van der Waals surface area contributed by atoms with Gasteiger partial charge in [0.05, 0.1) is 11.1 Å². The van der Waals surface area contributed by atoms with Crippen LogP contribution in [0.2, 0.25) is 0 Å². The molecule has 1 aromatic heterocycles. The van der Waals surface area contributed by atoms with E-state index < -0.39 is 0 Å².